The van der Waals surface area contributed by atoms with Gasteiger partial charge in [-0.15, -0.1) is 0 Å². The number of rotatable bonds is 9. The van der Waals surface area contributed by atoms with E-state index < -0.39 is 41.3 Å². The van der Waals surface area contributed by atoms with E-state index in [9.17, 15) is 19.5 Å². The third-order valence-electron chi connectivity index (χ3n) is 12.8. The Balaban J connectivity index is 1.37. The Hall–Kier alpha value is -4.73. The molecule has 4 aromatic rings. The number of aryl methyl sites for hydroxylation is 2. The Kier molecular flexibility index (Phi) is 13.2. The van der Waals surface area contributed by atoms with Crippen molar-refractivity contribution in [2.45, 2.75) is 122 Å². The van der Waals surface area contributed by atoms with Gasteiger partial charge in [-0.1, -0.05) is 79.4 Å². The first-order valence-electron chi connectivity index (χ1n) is 21.2. The molecule has 0 radical (unpaired) electrons. The molecule has 9 nitrogen and oxygen atoms in total. The molecule has 308 valence electrons. The zero-order chi connectivity index (χ0) is 40.8. The number of allylic oxidation sites excluding steroid dienone is 1. The number of hydrogen-bond donors (Lipinski definition) is 1. The van der Waals surface area contributed by atoms with Gasteiger partial charge in [0.2, 0.25) is 0 Å². The highest BCUT2D eigenvalue weighted by atomic mass is 16.6. The van der Waals surface area contributed by atoms with E-state index in [2.05, 4.69) is 36.4 Å². The zero-order valence-electron chi connectivity index (χ0n) is 34.4. The molecule has 1 aromatic heterocycles. The molecule has 2 bridgehead atoms. The predicted molar refractivity (Wildman–Crippen MR) is 223 cm³/mol. The van der Waals surface area contributed by atoms with Crippen molar-refractivity contribution < 1.29 is 38.1 Å². The van der Waals surface area contributed by atoms with E-state index in [1.54, 1.807) is 13.2 Å². The number of fused-ring (bicyclic) bond motifs is 13. The van der Waals surface area contributed by atoms with Gasteiger partial charge < -0.3 is 28.5 Å². The van der Waals surface area contributed by atoms with Crippen LogP contribution < -0.4 is 10.4 Å². The summed E-state index contributed by atoms with van der Waals surface area (Å²) >= 11 is 0. The maximum Gasteiger partial charge on any atom is 0.339 e. The minimum absolute atomic E-state index is 0.00380. The Morgan fingerprint density at radius 3 is 2.34 bits per heavy atom. The maximum absolute atomic E-state index is 14.6. The Bertz CT molecular complexity index is 2140. The van der Waals surface area contributed by atoms with Crippen LogP contribution in [0.5, 0.6) is 5.75 Å². The monoisotopic (exact) mass is 790 g/mol. The summed E-state index contributed by atoms with van der Waals surface area (Å²) in [6.45, 7) is 5.93. The summed E-state index contributed by atoms with van der Waals surface area (Å²) in [6, 6.07) is 24.2. The van der Waals surface area contributed by atoms with E-state index >= 15 is 0 Å². The second kappa shape index (κ2) is 18.5. The van der Waals surface area contributed by atoms with Crippen molar-refractivity contribution in [3.63, 3.8) is 0 Å². The minimum atomic E-state index is -1.13. The molecule has 5 unspecified atom stereocenters. The SMILES string of the molecule is COCC(CCO)c1cc2ccc3c(c2oc1=O)C1OC(=O)CC(CCc2ccccc2)Cc2ccc(cc2)CCC(=C(C)C)C(=O)OC1C(C)(C1CCCCC1)O3. The second-order valence-corrected chi connectivity index (χ2v) is 17.0. The lowest BCUT2D eigenvalue weighted by atomic mass is 9.71. The topological polar surface area (TPSA) is 122 Å². The molecule has 1 aliphatic carbocycles. The predicted octanol–water partition coefficient (Wildman–Crippen LogP) is 9.30. The normalized spacial score (nSPS) is 23.7. The van der Waals surface area contributed by atoms with Gasteiger partial charge in [0.05, 0.1) is 12.2 Å². The molecule has 9 heteroatoms. The molecule has 58 heavy (non-hydrogen) atoms. The number of aliphatic hydroxyl groups is 1. The van der Waals surface area contributed by atoms with Crippen molar-refractivity contribution in [2.75, 3.05) is 20.3 Å². The summed E-state index contributed by atoms with van der Waals surface area (Å²) in [7, 11) is 1.55. The Labute approximate surface area is 341 Å². The van der Waals surface area contributed by atoms with Crippen molar-refractivity contribution in [1.29, 1.82) is 0 Å². The van der Waals surface area contributed by atoms with Crippen molar-refractivity contribution in [1.82, 2.24) is 0 Å². The van der Waals surface area contributed by atoms with Crippen LogP contribution in [0.1, 0.15) is 118 Å². The molecule has 1 saturated carbocycles. The van der Waals surface area contributed by atoms with Gasteiger partial charge in [0.1, 0.15) is 16.9 Å². The number of carbonyl (C=O) groups is 2. The van der Waals surface area contributed by atoms with E-state index in [-0.39, 0.29) is 37.1 Å². The molecule has 5 atom stereocenters. The van der Waals surface area contributed by atoms with Crippen LogP contribution in [0.2, 0.25) is 0 Å². The first-order chi connectivity index (χ1) is 28.1. The first kappa shape index (κ1) is 41.4. The summed E-state index contributed by atoms with van der Waals surface area (Å²) in [5, 5.41) is 10.4. The van der Waals surface area contributed by atoms with Gasteiger partial charge in [0.25, 0.3) is 0 Å². The standard InChI is InChI=1S/C49H58O9/c1-31(2)39-23-21-33-15-18-34(19-16-33)27-35(20-17-32-11-7-5-8-12-32)28-42(51)55-45-43-41(58-49(3,46(45)57-47(39)52)38-13-9-6-10-14-38)24-22-36-29-40(48(53)56-44(36)43)37(25-26-50)30-54-4/h5,7-8,11-12,15-16,18-19,22,24,29,35,37-38,45-46,50H,6,9-10,13-14,17,20-21,23,25-28,30H2,1-4H3. The fourth-order valence-electron chi connectivity index (χ4n) is 9.47. The number of methoxy groups -OCH3 is 1. The summed E-state index contributed by atoms with van der Waals surface area (Å²) in [5.74, 6) is -0.886. The lowest BCUT2D eigenvalue weighted by Gasteiger charge is -2.49. The number of hydrogen-bond acceptors (Lipinski definition) is 9. The molecule has 4 heterocycles. The molecule has 0 saturated heterocycles. The van der Waals surface area contributed by atoms with Crippen molar-refractivity contribution in [2.24, 2.45) is 11.8 Å². The van der Waals surface area contributed by atoms with Gasteiger partial charge in [-0.2, -0.15) is 0 Å². The fraction of sp³-hybridized carbons (Fsp3) is 0.490. The van der Waals surface area contributed by atoms with Gasteiger partial charge in [0, 0.05) is 48.5 Å². The average Bonchev–Trinajstić information content (AvgIpc) is 3.21. The molecular weight excluding hydrogens is 733 g/mol. The lowest BCUT2D eigenvalue weighted by molar-refractivity contribution is -0.201. The van der Waals surface area contributed by atoms with Gasteiger partial charge in [-0.3, -0.25) is 4.79 Å². The second-order valence-electron chi connectivity index (χ2n) is 17.0. The molecule has 1 fully saturated rings. The highest BCUT2D eigenvalue weighted by molar-refractivity contribution is 5.90. The number of ether oxygens (including phenoxy) is 4. The molecule has 8 rings (SSSR count). The Morgan fingerprint density at radius 2 is 1.64 bits per heavy atom. The molecule has 3 aliphatic heterocycles. The molecule has 1 N–H and O–H groups in total. The zero-order valence-corrected chi connectivity index (χ0v) is 34.4. The summed E-state index contributed by atoms with van der Waals surface area (Å²) in [5.41, 5.74) is 4.22. The van der Waals surface area contributed by atoms with E-state index in [0.717, 1.165) is 61.6 Å². The largest absolute Gasteiger partial charge is 0.483 e. The van der Waals surface area contributed by atoms with Gasteiger partial charge in [-0.25, -0.2) is 9.59 Å². The summed E-state index contributed by atoms with van der Waals surface area (Å²) < 4.78 is 32.0. The van der Waals surface area contributed by atoms with E-state index in [1.165, 1.54) is 5.56 Å². The molecular formula is C49H58O9. The van der Waals surface area contributed by atoms with Crippen LogP contribution >= 0.6 is 0 Å². The number of aliphatic hydroxyl groups excluding tert-OH is 1. The third kappa shape index (κ3) is 9.11. The molecule has 3 aromatic carbocycles. The molecule has 4 aliphatic rings. The maximum atomic E-state index is 14.6. The smallest absolute Gasteiger partial charge is 0.339 e. The van der Waals surface area contributed by atoms with Crippen LogP contribution in [-0.2, 0) is 43.1 Å². The number of esters is 2. The van der Waals surface area contributed by atoms with Crippen LogP contribution in [0.15, 0.2) is 93.2 Å². The molecule has 0 amide bonds. The first-order valence-corrected chi connectivity index (χ1v) is 21.2. The summed E-state index contributed by atoms with van der Waals surface area (Å²) in [6.07, 6.45) is 6.55. The van der Waals surface area contributed by atoms with Crippen molar-refractivity contribution in [3.8, 4) is 5.75 Å². The van der Waals surface area contributed by atoms with Crippen LogP contribution in [-0.4, -0.2) is 49.1 Å². The van der Waals surface area contributed by atoms with Gasteiger partial charge in [0.15, 0.2) is 12.2 Å². The number of benzene rings is 3. The van der Waals surface area contributed by atoms with Crippen LogP contribution in [0, 0.1) is 11.8 Å². The van der Waals surface area contributed by atoms with Crippen molar-refractivity contribution in [3.05, 3.63) is 122 Å². The minimum Gasteiger partial charge on any atom is -0.483 e. The van der Waals surface area contributed by atoms with Crippen LogP contribution in [0.4, 0.5) is 0 Å². The van der Waals surface area contributed by atoms with Crippen LogP contribution in [0.25, 0.3) is 11.0 Å². The Morgan fingerprint density at radius 1 is 0.897 bits per heavy atom. The van der Waals surface area contributed by atoms with E-state index in [4.69, 9.17) is 23.4 Å². The number of carbonyl (C=O) groups excluding carboxylic acids is 2. The van der Waals surface area contributed by atoms with E-state index in [0.29, 0.717) is 53.5 Å². The molecule has 0 spiro atoms. The third-order valence-corrected chi connectivity index (χ3v) is 12.8. The lowest BCUT2D eigenvalue weighted by Crippen LogP contribution is -2.58. The highest BCUT2D eigenvalue weighted by Crippen LogP contribution is 2.52. The van der Waals surface area contributed by atoms with Gasteiger partial charge in [-0.05, 0) is 113 Å². The van der Waals surface area contributed by atoms with Gasteiger partial charge >= 0.3 is 17.6 Å². The van der Waals surface area contributed by atoms with Crippen LogP contribution in [0.3, 0.4) is 0 Å². The highest BCUT2D eigenvalue weighted by Gasteiger charge is 2.56. The quantitative estimate of drug-likeness (QED) is 0.100. The summed E-state index contributed by atoms with van der Waals surface area (Å²) in [4.78, 5) is 43.0. The van der Waals surface area contributed by atoms with E-state index in [1.807, 2.05) is 51.1 Å². The fourth-order valence-corrected chi connectivity index (χ4v) is 9.47. The van der Waals surface area contributed by atoms with Crippen molar-refractivity contribution >= 4 is 22.9 Å². The average molecular weight is 791 g/mol.